The highest BCUT2D eigenvalue weighted by molar-refractivity contribution is 5.32. The van der Waals surface area contributed by atoms with Crippen LogP contribution in [0.4, 0.5) is 0 Å². The van der Waals surface area contributed by atoms with Crippen LogP contribution in [0.3, 0.4) is 0 Å². The van der Waals surface area contributed by atoms with E-state index in [2.05, 4.69) is 38.1 Å². The van der Waals surface area contributed by atoms with Crippen molar-refractivity contribution in [1.29, 1.82) is 0 Å². The van der Waals surface area contributed by atoms with E-state index in [1.165, 1.54) is 30.4 Å². The van der Waals surface area contributed by atoms with E-state index in [0.29, 0.717) is 5.92 Å². The first-order valence-corrected chi connectivity index (χ1v) is 8.11. The summed E-state index contributed by atoms with van der Waals surface area (Å²) in [7, 11) is 0. The topological polar surface area (TPSA) is 35.2 Å². The molecule has 5 unspecified atom stereocenters. The molecule has 110 valence electrons. The van der Waals surface area contributed by atoms with Gasteiger partial charge < -0.3 is 10.5 Å². The molecule has 1 heterocycles. The zero-order valence-corrected chi connectivity index (χ0v) is 12.7. The second kappa shape index (κ2) is 5.87. The maximum atomic E-state index is 6.62. The quantitative estimate of drug-likeness (QED) is 0.891. The molecule has 0 amide bonds. The number of ether oxygens (including phenoxy) is 1. The van der Waals surface area contributed by atoms with Crippen LogP contribution in [0.2, 0.25) is 0 Å². The van der Waals surface area contributed by atoms with Crippen molar-refractivity contribution < 1.29 is 4.74 Å². The molecule has 3 rings (SSSR count). The minimum absolute atomic E-state index is 0.102. The molecule has 2 N–H and O–H groups in total. The molecule has 0 bridgehead atoms. The third-order valence-electron chi connectivity index (χ3n) is 5.56. The molecule has 1 fully saturated rings. The van der Waals surface area contributed by atoms with E-state index in [0.717, 1.165) is 24.9 Å². The van der Waals surface area contributed by atoms with E-state index >= 15 is 0 Å². The van der Waals surface area contributed by atoms with Crippen LogP contribution in [-0.4, -0.2) is 12.6 Å². The number of fused-ring (bicyclic) bond motifs is 1. The van der Waals surface area contributed by atoms with Crippen LogP contribution >= 0.6 is 0 Å². The standard InChI is InChI=1S/C18H27NO/c1-12-7-8-15(11-13(12)2)17(19)18-16-6-4-3-5-14(16)9-10-20-18/h3-6,12-13,15,17-18H,7-11,19H2,1-2H3. The van der Waals surface area contributed by atoms with E-state index in [-0.39, 0.29) is 12.1 Å². The molecule has 0 radical (unpaired) electrons. The van der Waals surface area contributed by atoms with Gasteiger partial charge in [0, 0.05) is 6.04 Å². The van der Waals surface area contributed by atoms with E-state index in [4.69, 9.17) is 10.5 Å². The van der Waals surface area contributed by atoms with Crippen LogP contribution in [0.15, 0.2) is 24.3 Å². The smallest absolute Gasteiger partial charge is 0.0981 e. The highest BCUT2D eigenvalue weighted by Gasteiger charge is 2.35. The van der Waals surface area contributed by atoms with Gasteiger partial charge in [-0.3, -0.25) is 0 Å². The minimum atomic E-state index is 0.102. The molecule has 1 aromatic rings. The maximum Gasteiger partial charge on any atom is 0.0981 e. The summed E-state index contributed by atoms with van der Waals surface area (Å²) in [5.41, 5.74) is 9.38. The lowest BCUT2D eigenvalue weighted by molar-refractivity contribution is -0.0000662. The lowest BCUT2D eigenvalue weighted by Crippen LogP contribution is -2.42. The molecule has 0 aromatic heterocycles. The average molecular weight is 273 g/mol. The zero-order chi connectivity index (χ0) is 14.1. The molecule has 0 spiro atoms. The van der Waals surface area contributed by atoms with Gasteiger partial charge in [0.25, 0.3) is 0 Å². The predicted molar refractivity (Wildman–Crippen MR) is 82.5 cm³/mol. The van der Waals surface area contributed by atoms with Gasteiger partial charge in [0.2, 0.25) is 0 Å². The molecule has 1 aliphatic heterocycles. The molecule has 2 heteroatoms. The summed E-state index contributed by atoms with van der Waals surface area (Å²) < 4.78 is 6.06. The van der Waals surface area contributed by atoms with Crippen LogP contribution in [0.1, 0.15) is 50.3 Å². The van der Waals surface area contributed by atoms with Gasteiger partial charge in [-0.25, -0.2) is 0 Å². The maximum absolute atomic E-state index is 6.62. The van der Waals surface area contributed by atoms with Crippen molar-refractivity contribution in [1.82, 2.24) is 0 Å². The average Bonchev–Trinajstić information content (AvgIpc) is 2.49. The summed E-state index contributed by atoms with van der Waals surface area (Å²) in [4.78, 5) is 0. The number of hydrogen-bond donors (Lipinski definition) is 1. The fraction of sp³-hybridized carbons (Fsp3) is 0.667. The highest BCUT2D eigenvalue weighted by atomic mass is 16.5. The fourth-order valence-electron chi connectivity index (χ4n) is 3.93. The lowest BCUT2D eigenvalue weighted by Gasteiger charge is -2.39. The summed E-state index contributed by atoms with van der Waals surface area (Å²) in [6.45, 7) is 5.56. The summed E-state index contributed by atoms with van der Waals surface area (Å²) in [5.74, 6) is 2.24. The summed E-state index contributed by atoms with van der Waals surface area (Å²) in [5, 5.41) is 0. The molecule has 1 aliphatic carbocycles. The molecule has 2 nitrogen and oxygen atoms in total. The molecule has 20 heavy (non-hydrogen) atoms. The van der Waals surface area contributed by atoms with E-state index < -0.39 is 0 Å². The van der Waals surface area contributed by atoms with Gasteiger partial charge >= 0.3 is 0 Å². The van der Waals surface area contributed by atoms with Gasteiger partial charge in [-0.05, 0) is 48.1 Å². The van der Waals surface area contributed by atoms with Gasteiger partial charge in [0.05, 0.1) is 12.7 Å². The van der Waals surface area contributed by atoms with Crippen LogP contribution in [0.25, 0.3) is 0 Å². The Labute approximate surface area is 122 Å². The number of nitrogens with two attached hydrogens (primary N) is 1. The van der Waals surface area contributed by atoms with Crippen molar-refractivity contribution in [3.8, 4) is 0 Å². The second-order valence-electron chi connectivity index (χ2n) is 6.85. The fourth-order valence-corrected chi connectivity index (χ4v) is 3.93. The summed E-state index contributed by atoms with van der Waals surface area (Å²) in [6, 6.07) is 8.80. The third-order valence-corrected chi connectivity index (χ3v) is 5.56. The van der Waals surface area contributed by atoms with Crippen molar-refractivity contribution >= 4 is 0 Å². The van der Waals surface area contributed by atoms with E-state index in [1.807, 2.05) is 0 Å². The van der Waals surface area contributed by atoms with Crippen LogP contribution in [-0.2, 0) is 11.2 Å². The normalized spacial score (nSPS) is 35.4. The van der Waals surface area contributed by atoms with Crippen LogP contribution in [0, 0.1) is 17.8 Å². The first-order valence-electron chi connectivity index (χ1n) is 8.11. The van der Waals surface area contributed by atoms with Gasteiger partial charge in [-0.15, -0.1) is 0 Å². The van der Waals surface area contributed by atoms with Crippen LogP contribution in [0.5, 0.6) is 0 Å². The van der Waals surface area contributed by atoms with Crippen molar-refractivity contribution in [2.24, 2.45) is 23.5 Å². The van der Waals surface area contributed by atoms with Gasteiger partial charge in [-0.2, -0.15) is 0 Å². The Morgan fingerprint density at radius 2 is 1.95 bits per heavy atom. The largest absolute Gasteiger partial charge is 0.372 e. The van der Waals surface area contributed by atoms with E-state index in [9.17, 15) is 0 Å². The molecule has 1 aromatic carbocycles. The molecular weight excluding hydrogens is 246 g/mol. The number of benzene rings is 1. The Morgan fingerprint density at radius 1 is 1.15 bits per heavy atom. The SMILES string of the molecule is CC1CCC(C(N)C2OCCc3ccccc32)CC1C. The first-order chi connectivity index (χ1) is 9.66. The molecule has 5 atom stereocenters. The Bertz CT molecular complexity index is 458. The molecule has 0 saturated heterocycles. The second-order valence-corrected chi connectivity index (χ2v) is 6.85. The zero-order valence-electron chi connectivity index (χ0n) is 12.7. The third kappa shape index (κ3) is 2.64. The van der Waals surface area contributed by atoms with Crippen molar-refractivity contribution in [2.45, 2.75) is 51.7 Å². The molecule has 1 saturated carbocycles. The Hall–Kier alpha value is -0.860. The van der Waals surface area contributed by atoms with Crippen LogP contribution < -0.4 is 5.73 Å². The molecule has 2 aliphatic rings. The monoisotopic (exact) mass is 273 g/mol. The van der Waals surface area contributed by atoms with Crippen molar-refractivity contribution in [3.05, 3.63) is 35.4 Å². The Balaban J connectivity index is 1.76. The van der Waals surface area contributed by atoms with Gasteiger partial charge in [0.1, 0.15) is 0 Å². The lowest BCUT2D eigenvalue weighted by atomic mass is 9.71. The van der Waals surface area contributed by atoms with Crippen molar-refractivity contribution in [3.63, 3.8) is 0 Å². The number of hydrogen-bond acceptors (Lipinski definition) is 2. The summed E-state index contributed by atoms with van der Waals surface area (Å²) in [6.07, 6.45) is 4.95. The van der Waals surface area contributed by atoms with Crippen molar-refractivity contribution in [2.75, 3.05) is 6.61 Å². The highest BCUT2D eigenvalue weighted by Crippen LogP contribution is 2.39. The predicted octanol–water partition coefficient (Wildman–Crippen LogP) is 3.70. The van der Waals surface area contributed by atoms with Gasteiger partial charge in [0.15, 0.2) is 0 Å². The number of rotatable bonds is 2. The minimum Gasteiger partial charge on any atom is -0.372 e. The molecular formula is C18H27NO. The Morgan fingerprint density at radius 3 is 2.75 bits per heavy atom. The first kappa shape index (κ1) is 14.1. The Kier molecular flexibility index (Phi) is 4.13. The van der Waals surface area contributed by atoms with E-state index in [1.54, 1.807) is 0 Å². The summed E-state index contributed by atoms with van der Waals surface area (Å²) >= 11 is 0. The van der Waals surface area contributed by atoms with Gasteiger partial charge in [-0.1, -0.05) is 44.5 Å².